The van der Waals surface area contributed by atoms with E-state index in [9.17, 15) is 14.7 Å². The fourth-order valence-corrected chi connectivity index (χ4v) is 3.87. The lowest BCUT2D eigenvalue weighted by Gasteiger charge is -2.14. The Bertz CT molecular complexity index is 1150. The number of hydrogen-bond donors (Lipinski definition) is 4. The van der Waals surface area contributed by atoms with Gasteiger partial charge in [-0.15, -0.1) is 0 Å². The molecule has 4 rings (SSSR count). The number of benzene rings is 2. The Balaban J connectivity index is 1.28. The SMILES string of the molecule is O=C(NCCN1CCCC1)c1ccc(Nc2ncc(NC(=O)c3ccc(O)cc3Cl)cn2)cc1. The zero-order chi connectivity index (χ0) is 23.9. The van der Waals surface area contributed by atoms with E-state index in [0.717, 1.165) is 25.3 Å². The van der Waals surface area contributed by atoms with Gasteiger partial charge in [-0.2, -0.15) is 0 Å². The largest absolute Gasteiger partial charge is 0.508 e. The van der Waals surface area contributed by atoms with Crippen molar-refractivity contribution in [2.45, 2.75) is 12.8 Å². The van der Waals surface area contributed by atoms with E-state index >= 15 is 0 Å². The van der Waals surface area contributed by atoms with Crippen LogP contribution in [0.4, 0.5) is 17.3 Å². The average Bonchev–Trinajstić information content (AvgIpc) is 3.34. The number of nitrogens with one attached hydrogen (secondary N) is 3. The van der Waals surface area contributed by atoms with Crippen LogP contribution in [0.5, 0.6) is 5.75 Å². The highest BCUT2D eigenvalue weighted by molar-refractivity contribution is 6.34. The molecule has 0 radical (unpaired) electrons. The Morgan fingerprint density at radius 1 is 0.971 bits per heavy atom. The first kappa shape index (κ1) is 23.5. The van der Waals surface area contributed by atoms with Crippen molar-refractivity contribution >= 4 is 40.7 Å². The third-order valence-corrected chi connectivity index (χ3v) is 5.74. The van der Waals surface area contributed by atoms with Gasteiger partial charge < -0.3 is 26.0 Å². The lowest BCUT2D eigenvalue weighted by Crippen LogP contribution is -2.33. The number of amides is 2. The van der Waals surface area contributed by atoms with Crippen molar-refractivity contribution in [2.75, 3.05) is 36.8 Å². The van der Waals surface area contributed by atoms with Gasteiger partial charge in [0.1, 0.15) is 5.75 Å². The third-order valence-electron chi connectivity index (χ3n) is 5.42. The van der Waals surface area contributed by atoms with E-state index in [4.69, 9.17) is 11.6 Å². The van der Waals surface area contributed by atoms with Gasteiger partial charge >= 0.3 is 0 Å². The summed E-state index contributed by atoms with van der Waals surface area (Å²) in [6.07, 6.45) is 5.39. The molecule has 1 aliphatic rings. The molecule has 3 aromatic rings. The third kappa shape index (κ3) is 6.21. The number of carbonyl (C=O) groups excluding carboxylic acids is 2. The Labute approximate surface area is 202 Å². The van der Waals surface area contributed by atoms with E-state index in [1.165, 1.54) is 43.4 Å². The Morgan fingerprint density at radius 2 is 1.68 bits per heavy atom. The predicted molar refractivity (Wildman–Crippen MR) is 131 cm³/mol. The van der Waals surface area contributed by atoms with Gasteiger partial charge in [0.25, 0.3) is 11.8 Å². The Hall–Kier alpha value is -3.69. The van der Waals surface area contributed by atoms with Gasteiger partial charge in [-0.05, 0) is 68.4 Å². The number of phenolic OH excluding ortho intramolecular Hbond substituents is 1. The molecule has 4 N–H and O–H groups in total. The summed E-state index contributed by atoms with van der Waals surface area (Å²) in [5.41, 5.74) is 1.92. The van der Waals surface area contributed by atoms with Crippen molar-refractivity contribution in [2.24, 2.45) is 0 Å². The molecule has 0 bridgehead atoms. The van der Waals surface area contributed by atoms with Crippen molar-refractivity contribution in [3.05, 3.63) is 71.0 Å². The number of nitrogens with zero attached hydrogens (tertiary/aromatic N) is 3. The molecule has 0 saturated carbocycles. The molecule has 1 fully saturated rings. The number of aromatic hydroxyl groups is 1. The first-order valence-corrected chi connectivity index (χ1v) is 11.4. The molecule has 34 heavy (non-hydrogen) atoms. The Morgan fingerprint density at radius 3 is 2.35 bits per heavy atom. The average molecular weight is 481 g/mol. The topological polar surface area (TPSA) is 119 Å². The van der Waals surface area contributed by atoms with Crippen molar-refractivity contribution in [1.82, 2.24) is 20.2 Å². The van der Waals surface area contributed by atoms with Gasteiger partial charge in [-0.3, -0.25) is 9.59 Å². The van der Waals surface area contributed by atoms with Crippen molar-refractivity contribution in [3.63, 3.8) is 0 Å². The number of aromatic nitrogens is 2. The number of rotatable bonds is 8. The number of anilines is 3. The summed E-state index contributed by atoms with van der Waals surface area (Å²) in [6.45, 7) is 3.73. The highest BCUT2D eigenvalue weighted by Gasteiger charge is 2.13. The molecule has 0 aliphatic carbocycles. The molecule has 1 aromatic heterocycles. The van der Waals surface area contributed by atoms with Crippen LogP contribution in [0, 0.1) is 0 Å². The second-order valence-corrected chi connectivity index (χ2v) is 8.33. The summed E-state index contributed by atoms with van der Waals surface area (Å²) in [5.74, 6) is -0.227. The van der Waals surface area contributed by atoms with Crippen LogP contribution in [0.15, 0.2) is 54.9 Å². The van der Waals surface area contributed by atoms with E-state index in [-0.39, 0.29) is 22.2 Å². The molecular formula is C24H25ClN6O3. The maximum atomic E-state index is 12.4. The van der Waals surface area contributed by atoms with Crippen LogP contribution in [-0.2, 0) is 0 Å². The minimum Gasteiger partial charge on any atom is -0.508 e. The molecule has 10 heteroatoms. The Kier molecular flexibility index (Phi) is 7.56. The van der Waals surface area contributed by atoms with Crippen molar-refractivity contribution < 1.29 is 14.7 Å². The van der Waals surface area contributed by atoms with Gasteiger partial charge in [0.2, 0.25) is 5.95 Å². The highest BCUT2D eigenvalue weighted by atomic mass is 35.5. The number of hydrogen-bond acceptors (Lipinski definition) is 7. The molecule has 1 aliphatic heterocycles. The monoisotopic (exact) mass is 480 g/mol. The number of carbonyl (C=O) groups is 2. The van der Waals surface area contributed by atoms with Crippen LogP contribution < -0.4 is 16.0 Å². The molecule has 0 unspecified atom stereocenters. The molecule has 9 nitrogen and oxygen atoms in total. The molecule has 2 aromatic carbocycles. The quantitative estimate of drug-likeness (QED) is 0.388. The zero-order valence-electron chi connectivity index (χ0n) is 18.4. The van der Waals surface area contributed by atoms with E-state index in [1.807, 2.05) is 0 Å². The lowest BCUT2D eigenvalue weighted by atomic mass is 10.2. The van der Waals surface area contributed by atoms with Crippen molar-refractivity contribution in [1.29, 1.82) is 0 Å². The smallest absolute Gasteiger partial charge is 0.257 e. The summed E-state index contributed by atoms with van der Waals surface area (Å²) in [6, 6.07) is 11.1. The normalized spacial score (nSPS) is 13.4. The van der Waals surface area contributed by atoms with Crippen LogP contribution in [0.3, 0.4) is 0 Å². The maximum Gasteiger partial charge on any atom is 0.257 e. The van der Waals surface area contributed by atoms with Crippen LogP contribution >= 0.6 is 11.6 Å². The second-order valence-electron chi connectivity index (χ2n) is 7.92. The first-order chi connectivity index (χ1) is 16.5. The van der Waals surface area contributed by atoms with Gasteiger partial charge in [-0.1, -0.05) is 11.6 Å². The summed E-state index contributed by atoms with van der Waals surface area (Å²) in [7, 11) is 0. The van der Waals surface area contributed by atoms with E-state index in [0.29, 0.717) is 23.7 Å². The number of likely N-dealkylation sites (tertiary alicyclic amines) is 1. The van der Waals surface area contributed by atoms with Crippen LogP contribution in [-0.4, -0.2) is 58.0 Å². The van der Waals surface area contributed by atoms with Crippen molar-refractivity contribution in [3.8, 4) is 5.75 Å². The molecule has 1 saturated heterocycles. The standard InChI is InChI=1S/C24H25ClN6O3/c25-21-13-19(32)7-8-20(21)23(34)29-18-14-27-24(28-15-18)30-17-5-3-16(4-6-17)22(33)26-9-12-31-10-1-2-11-31/h3-8,13-15,32H,1-2,9-12H2,(H,26,33)(H,29,34)(H,27,28,30). The van der Waals surface area contributed by atoms with E-state index in [1.54, 1.807) is 24.3 Å². The summed E-state index contributed by atoms with van der Waals surface area (Å²) < 4.78 is 0. The minimum absolute atomic E-state index is 0.0218. The lowest BCUT2D eigenvalue weighted by molar-refractivity contribution is 0.0949. The molecule has 2 heterocycles. The number of halogens is 1. The maximum absolute atomic E-state index is 12.4. The molecule has 0 atom stereocenters. The van der Waals surface area contributed by atoms with Gasteiger partial charge in [0.05, 0.1) is 28.7 Å². The minimum atomic E-state index is -0.441. The zero-order valence-corrected chi connectivity index (χ0v) is 19.2. The van der Waals surface area contributed by atoms with Gasteiger partial charge in [0, 0.05) is 24.3 Å². The van der Waals surface area contributed by atoms with E-state index in [2.05, 4.69) is 30.8 Å². The predicted octanol–water partition coefficient (Wildman–Crippen LogP) is 3.66. The first-order valence-electron chi connectivity index (χ1n) is 11.0. The number of phenols is 1. The van der Waals surface area contributed by atoms with Gasteiger partial charge in [0.15, 0.2) is 0 Å². The highest BCUT2D eigenvalue weighted by Crippen LogP contribution is 2.22. The molecule has 176 valence electrons. The summed E-state index contributed by atoms with van der Waals surface area (Å²) in [5, 5.41) is 18.2. The van der Waals surface area contributed by atoms with Crippen LogP contribution in [0.2, 0.25) is 5.02 Å². The van der Waals surface area contributed by atoms with Gasteiger partial charge in [-0.25, -0.2) is 9.97 Å². The fraction of sp³-hybridized carbons (Fsp3) is 0.250. The molecular weight excluding hydrogens is 456 g/mol. The molecule has 0 spiro atoms. The summed E-state index contributed by atoms with van der Waals surface area (Å²) in [4.78, 5) is 35.4. The summed E-state index contributed by atoms with van der Waals surface area (Å²) >= 11 is 6.00. The van der Waals surface area contributed by atoms with E-state index < -0.39 is 5.91 Å². The molecule has 2 amide bonds. The van der Waals surface area contributed by atoms with Crippen LogP contribution in [0.1, 0.15) is 33.6 Å². The van der Waals surface area contributed by atoms with Crippen LogP contribution in [0.25, 0.3) is 0 Å². The second kappa shape index (κ2) is 11.0. The fourth-order valence-electron chi connectivity index (χ4n) is 3.61.